The average Bonchev–Trinajstić information content (AvgIpc) is 2.39. The Kier molecular flexibility index (Phi) is 6.12. The number of carbonyl (C=O) groups is 1. The first-order valence-corrected chi connectivity index (χ1v) is 7.68. The van der Waals surface area contributed by atoms with Crippen LogP contribution in [0.2, 0.25) is 0 Å². The summed E-state index contributed by atoms with van der Waals surface area (Å²) in [5.41, 5.74) is -0.0558. The molecule has 1 unspecified atom stereocenters. The van der Waals surface area contributed by atoms with E-state index in [1.54, 1.807) is 6.92 Å². The maximum absolute atomic E-state index is 12.0. The zero-order valence-electron chi connectivity index (χ0n) is 11.4. The van der Waals surface area contributed by atoms with Gasteiger partial charge in [-0.25, -0.2) is 13.2 Å². The van der Waals surface area contributed by atoms with Crippen LogP contribution >= 0.6 is 0 Å². The molecule has 0 saturated carbocycles. The Morgan fingerprint density at radius 2 is 2.10 bits per heavy atom. The zero-order chi connectivity index (χ0) is 15.2. The molecule has 1 atom stereocenters. The number of benzene rings is 1. The first kappa shape index (κ1) is 16.6. The molecule has 1 N–H and O–H groups in total. The summed E-state index contributed by atoms with van der Waals surface area (Å²) in [6.07, 6.45) is -0.194. The standard InChI is InChI=1S/C13H18O6S/c1-10(9-18-2)19-6-7-20(16,17)12-5-3-4-11(8-12)13(14)15/h3-5,8,10H,6-7,9H2,1-2H3,(H,14,15). The molecule has 1 rings (SSSR count). The molecule has 0 heterocycles. The SMILES string of the molecule is COCC(C)OCCS(=O)(=O)c1cccc(C(=O)O)c1. The van der Waals surface area contributed by atoms with E-state index in [4.69, 9.17) is 14.6 Å². The van der Waals surface area contributed by atoms with Crippen LogP contribution in [0.25, 0.3) is 0 Å². The largest absolute Gasteiger partial charge is 0.478 e. The van der Waals surface area contributed by atoms with E-state index < -0.39 is 15.8 Å². The fourth-order valence-corrected chi connectivity index (χ4v) is 2.73. The minimum absolute atomic E-state index is 0.0135. The molecule has 0 amide bonds. The lowest BCUT2D eigenvalue weighted by Crippen LogP contribution is -2.20. The van der Waals surface area contributed by atoms with Crippen molar-refractivity contribution in [2.75, 3.05) is 26.1 Å². The topological polar surface area (TPSA) is 89.9 Å². The third-order valence-electron chi connectivity index (χ3n) is 2.60. The Hall–Kier alpha value is -1.44. The van der Waals surface area contributed by atoms with Gasteiger partial charge in [-0.05, 0) is 25.1 Å². The maximum atomic E-state index is 12.0. The molecule has 0 aliphatic rings. The van der Waals surface area contributed by atoms with Crippen molar-refractivity contribution in [1.29, 1.82) is 0 Å². The number of sulfone groups is 1. The Morgan fingerprint density at radius 1 is 1.40 bits per heavy atom. The van der Waals surface area contributed by atoms with E-state index in [2.05, 4.69) is 0 Å². The summed E-state index contributed by atoms with van der Waals surface area (Å²) in [7, 11) is -2.02. The molecule has 1 aromatic carbocycles. The quantitative estimate of drug-likeness (QED) is 0.776. The first-order valence-electron chi connectivity index (χ1n) is 6.03. The third kappa shape index (κ3) is 4.92. The lowest BCUT2D eigenvalue weighted by molar-refractivity contribution is 0.0163. The van der Waals surface area contributed by atoms with Crippen molar-refractivity contribution in [2.24, 2.45) is 0 Å². The Morgan fingerprint density at radius 3 is 2.70 bits per heavy atom. The summed E-state index contributed by atoms with van der Waals surface area (Å²) in [4.78, 5) is 10.8. The van der Waals surface area contributed by atoms with Gasteiger partial charge in [0.05, 0.1) is 35.5 Å². The smallest absolute Gasteiger partial charge is 0.335 e. The molecule has 0 aliphatic carbocycles. The molecule has 0 spiro atoms. The molecule has 0 saturated heterocycles. The summed E-state index contributed by atoms with van der Waals surface area (Å²) >= 11 is 0. The van der Waals surface area contributed by atoms with Crippen LogP contribution in [0.4, 0.5) is 0 Å². The van der Waals surface area contributed by atoms with Crippen LogP contribution < -0.4 is 0 Å². The molecule has 7 heteroatoms. The summed E-state index contributed by atoms with van der Waals surface area (Å²) in [6.45, 7) is 2.19. The lowest BCUT2D eigenvalue weighted by Gasteiger charge is -2.12. The second-order valence-corrected chi connectivity index (χ2v) is 6.40. The minimum Gasteiger partial charge on any atom is -0.478 e. The van der Waals surface area contributed by atoms with Gasteiger partial charge in [-0.2, -0.15) is 0 Å². The van der Waals surface area contributed by atoms with Crippen molar-refractivity contribution in [3.05, 3.63) is 29.8 Å². The van der Waals surface area contributed by atoms with Crippen LogP contribution in [0, 0.1) is 0 Å². The predicted octanol–water partition coefficient (Wildman–Crippen LogP) is 1.21. The van der Waals surface area contributed by atoms with Gasteiger partial charge in [0.2, 0.25) is 0 Å². The molecule has 112 valence electrons. The summed E-state index contributed by atoms with van der Waals surface area (Å²) < 4.78 is 34.3. The lowest BCUT2D eigenvalue weighted by atomic mass is 10.2. The molecule has 0 aliphatic heterocycles. The number of rotatable bonds is 8. The van der Waals surface area contributed by atoms with E-state index in [0.29, 0.717) is 6.61 Å². The van der Waals surface area contributed by atoms with E-state index in [-0.39, 0.29) is 28.9 Å². The van der Waals surface area contributed by atoms with E-state index >= 15 is 0 Å². The number of aromatic carboxylic acids is 1. The van der Waals surface area contributed by atoms with E-state index in [1.165, 1.54) is 25.3 Å². The van der Waals surface area contributed by atoms with Gasteiger partial charge in [0, 0.05) is 7.11 Å². The monoisotopic (exact) mass is 302 g/mol. The molecule has 0 fully saturated rings. The number of methoxy groups -OCH3 is 1. The van der Waals surface area contributed by atoms with Gasteiger partial charge in [-0.1, -0.05) is 6.07 Å². The molecular weight excluding hydrogens is 284 g/mol. The molecule has 0 radical (unpaired) electrons. The van der Waals surface area contributed by atoms with Gasteiger partial charge in [0.15, 0.2) is 9.84 Å². The van der Waals surface area contributed by atoms with Crippen LogP contribution in [-0.4, -0.2) is 51.7 Å². The summed E-state index contributed by atoms with van der Waals surface area (Å²) in [5, 5.41) is 8.85. The van der Waals surface area contributed by atoms with Gasteiger partial charge in [-0.3, -0.25) is 0 Å². The second-order valence-electron chi connectivity index (χ2n) is 4.29. The van der Waals surface area contributed by atoms with E-state index in [9.17, 15) is 13.2 Å². The van der Waals surface area contributed by atoms with Crippen molar-refractivity contribution in [1.82, 2.24) is 0 Å². The van der Waals surface area contributed by atoms with Crippen LogP contribution in [0.5, 0.6) is 0 Å². The Balaban J connectivity index is 2.69. The fraction of sp³-hybridized carbons (Fsp3) is 0.462. The average molecular weight is 302 g/mol. The number of hydrogen-bond donors (Lipinski definition) is 1. The predicted molar refractivity (Wildman–Crippen MR) is 72.7 cm³/mol. The van der Waals surface area contributed by atoms with Gasteiger partial charge in [0.1, 0.15) is 0 Å². The van der Waals surface area contributed by atoms with Gasteiger partial charge in [0.25, 0.3) is 0 Å². The van der Waals surface area contributed by atoms with Crippen molar-refractivity contribution in [3.8, 4) is 0 Å². The highest BCUT2D eigenvalue weighted by Gasteiger charge is 2.16. The summed E-state index contributed by atoms with van der Waals surface area (Å²) in [5.74, 6) is -1.36. The Labute approximate surface area is 118 Å². The molecule has 6 nitrogen and oxygen atoms in total. The summed E-state index contributed by atoms with van der Waals surface area (Å²) in [6, 6.07) is 5.28. The van der Waals surface area contributed by atoms with Crippen molar-refractivity contribution in [3.63, 3.8) is 0 Å². The van der Waals surface area contributed by atoms with Crippen molar-refractivity contribution >= 4 is 15.8 Å². The van der Waals surface area contributed by atoms with Crippen molar-refractivity contribution < 1.29 is 27.8 Å². The molecule has 20 heavy (non-hydrogen) atoms. The third-order valence-corrected chi connectivity index (χ3v) is 4.27. The molecule has 0 aromatic heterocycles. The van der Waals surface area contributed by atoms with E-state index in [0.717, 1.165) is 6.07 Å². The minimum atomic E-state index is -3.56. The molecule has 0 bridgehead atoms. The Bertz CT molecular complexity index is 552. The number of carboxylic acid groups (broad SMARTS) is 1. The van der Waals surface area contributed by atoms with Gasteiger partial charge >= 0.3 is 5.97 Å². The van der Waals surface area contributed by atoms with Crippen LogP contribution in [0.15, 0.2) is 29.2 Å². The molecular formula is C13H18O6S. The van der Waals surface area contributed by atoms with E-state index in [1.807, 2.05) is 0 Å². The van der Waals surface area contributed by atoms with Crippen LogP contribution in [-0.2, 0) is 19.3 Å². The second kappa shape index (κ2) is 7.37. The van der Waals surface area contributed by atoms with Crippen molar-refractivity contribution in [2.45, 2.75) is 17.9 Å². The van der Waals surface area contributed by atoms with Crippen LogP contribution in [0.3, 0.4) is 0 Å². The highest BCUT2D eigenvalue weighted by molar-refractivity contribution is 7.91. The highest BCUT2D eigenvalue weighted by Crippen LogP contribution is 2.13. The fourth-order valence-electron chi connectivity index (χ4n) is 1.58. The number of ether oxygens (including phenoxy) is 2. The number of hydrogen-bond acceptors (Lipinski definition) is 5. The highest BCUT2D eigenvalue weighted by atomic mass is 32.2. The van der Waals surface area contributed by atoms with Gasteiger partial charge in [-0.15, -0.1) is 0 Å². The maximum Gasteiger partial charge on any atom is 0.335 e. The van der Waals surface area contributed by atoms with Crippen LogP contribution in [0.1, 0.15) is 17.3 Å². The normalized spacial score (nSPS) is 13.1. The molecule has 1 aromatic rings. The van der Waals surface area contributed by atoms with Gasteiger partial charge < -0.3 is 14.6 Å². The first-order chi connectivity index (χ1) is 9.36. The zero-order valence-corrected chi connectivity index (χ0v) is 12.2. The number of carboxylic acids is 1.